The first kappa shape index (κ1) is 23.4. The zero-order valence-electron chi connectivity index (χ0n) is 19.3. The average molecular weight is 423 g/mol. The third-order valence-electron chi connectivity index (χ3n) is 6.55. The lowest BCUT2D eigenvalue weighted by molar-refractivity contribution is -0.134. The third kappa shape index (κ3) is 7.75. The number of nitrogens with zero attached hydrogens (tertiary/aromatic N) is 2. The molecule has 1 saturated carbocycles. The number of esters is 1. The molecule has 1 aliphatic carbocycles. The molecular formula is C27H38N2O2. The summed E-state index contributed by atoms with van der Waals surface area (Å²) in [5.41, 5.74) is 2.38. The maximum Gasteiger partial charge on any atom is 0.311 e. The van der Waals surface area contributed by atoms with E-state index in [-0.39, 0.29) is 5.97 Å². The highest BCUT2D eigenvalue weighted by Crippen LogP contribution is 2.34. The minimum Gasteiger partial charge on any atom is -0.423 e. The van der Waals surface area contributed by atoms with E-state index in [2.05, 4.69) is 41.2 Å². The van der Waals surface area contributed by atoms with Gasteiger partial charge in [-0.3, -0.25) is 4.79 Å². The van der Waals surface area contributed by atoms with Gasteiger partial charge in [-0.2, -0.15) is 0 Å². The molecule has 0 spiro atoms. The largest absolute Gasteiger partial charge is 0.423 e. The van der Waals surface area contributed by atoms with E-state index in [1.165, 1.54) is 63.4 Å². The highest BCUT2D eigenvalue weighted by Gasteiger charge is 2.20. The Balaban J connectivity index is 1.43. The summed E-state index contributed by atoms with van der Waals surface area (Å²) in [6.45, 7) is 4.24. The molecule has 1 aromatic carbocycles. The second-order valence-corrected chi connectivity index (χ2v) is 9.08. The van der Waals surface area contributed by atoms with E-state index >= 15 is 0 Å². The number of aryl methyl sites for hydroxylation is 1. The van der Waals surface area contributed by atoms with Gasteiger partial charge in [-0.15, -0.1) is 0 Å². The molecule has 0 unspecified atom stereocenters. The fraction of sp³-hybridized carbons (Fsp3) is 0.593. The molecule has 31 heavy (non-hydrogen) atoms. The van der Waals surface area contributed by atoms with Gasteiger partial charge in [-0.1, -0.05) is 89.5 Å². The van der Waals surface area contributed by atoms with E-state index in [4.69, 9.17) is 4.74 Å². The van der Waals surface area contributed by atoms with Gasteiger partial charge in [-0.05, 0) is 36.7 Å². The van der Waals surface area contributed by atoms with E-state index < -0.39 is 0 Å². The molecule has 0 saturated heterocycles. The Hall–Kier alpha value is -2.23. The van der Waals surface area contributed by atoms with E-state index in [9.17, 15) is 4.79 Å². The summed E-state index contributed by atoms with van der Waals surface area (Å²) in [6, 6.07) is 8.59. The number of carbonyl (C=O) groups excluding carboxylic acids is 1. The molecular weight excluding hydrogens is 384 g/mol. The number of benzene rings is 1. The second-order valence-electron chi connectivity index (χ2n) is 9.08. The molecule has 0 atom stereocenters. The average Bonchev–Trinajstić information content (AvgIpc) is 2.80. The molecule has 1 fully saturated rings. The standard InChI is InChI=1S/C27H38N2O2/c1-3-5-6-8-21-9-11-22(12-10-21)13-14-23-15-17-24(18-16-23)27-28-19-25(20-29-27)31-26(30)7-4-2/h15-22H,3-14H2,1-2H3. The van der Waals surface area contributed by atoms with Crippen molar-refractivity contribution in [3.8, 4) is 17.1 Å². The van der Waals surface area contributed by atoms with Crippen LogP contribution in [0.25, 0.3) is 11.4 Å². The Morgan fingerprint density at radius 3 is 2.16 bits per heavy atom. The van der Waals surface area contributed by atoms with Crippen LogP contribution in [0.1, 0.15) is 90.0 Å². The van der Waals surface area contributed by atoms with Crippen molar-refractivity contribution in [1.29, 1.82) is 0 Å². The molecule has 0 amide bonds. The minimum absolute atomic E-state index is 0.242. The van der Waals surface area contributed by atoms with Crippen molar-refractivity contribution >= 4 is 5.97 Å². The lowest BCUT2D eigenvalue weighted by Crippen LogP contribution is -2.15. The van der Waals surface area contributed by atoms with Gasteiger partial charge in [0.1, 0.15) is 0 Å². The SMILES string of the molecule is CCCCCC1CCC(CCc2ccc(-c3ncc(OC(=O)CCC)cn3)cc2)CC1. The molecule has 4 nitrogen and oxygen atoms in total. The van der Waals surface area contributed by atoms with Crippen LogP contribution in [0.15, 0.2) is 36.7 Å². The molecule has 1 aromatic heterocycles. The topological polar surface area (TPSA) is 52.1 Å². The van der Waals surface area contributed by atoms with Crippen molar-refractivity contribution in [2.75, 3.05) is 0 Å². The van der Waals surface area contributed by atoms with Crippen LogP contribution in [0.5, 0.6) is 5.75 Å². The Bertz CT molecular complexity index is 778. The van der Waals surface area contributed by atoms with Gasteiger partial charge < -0.3 is 4.74 Å². The highest BCUT2D eigenvalue weighted by atomic mass is 16.5. The van der Waals surface area contributed by atoms with Crippen molar-refractivity contribution < 1.29 is 9.53 Å². The number of hydrogen-bond donors (Lipinski definition) is 0. The van der Waals surface area contributed by atoms with Gasteiger partial charge in [0.2, 0.25) is 0 Å². The van der Waals surface area contributed by atoms with Crippen molar-refractivity contribution in [2.45, 2.75) is 90.9 Å². The van der Waals surface area contributed by atoms with Crippen molar-refractivity contribution in [3.63, 3.8) is 0 Å². The summed E-state index contributed by atoms with van der Waals surface area (Å²) in [4.78, 5) is 20.3. The molecule has 1 aliphatic rings. The zero-order valence-corrected chi connectivity index (χ0v) is 19.3. The van der Waals surface area contributed by atoms with Gasteiger partial charge in [0, 0.05) is 12.0 Å². The van der Waals surface area contributed by atoms with Crippen LogP contribution in [-0.4, -0.2) is 15.9 Å². The quantitative estimate of drug-likeness (QED) is 0.284. The van der Waals surface area contributed by atoms with Crippen LogP contribution in [0.2, 0.25) is 0 Å². The smallest absolute Gasteiger partial charge is 0.311 e. The van der Waals surface area contributed by atoms with Crippen LogP contribution in [-0.2, 0) is 11.2 Å². The molecule has 0 N–H and O–H groups in total. The van der Waals surface area contributed by atoms with Gasteiger partial charge in [0.05, 0.1) is 12.4 Å². The zero-order chi connectivity index (χ0) is 21.9. The highest BCUT2D eigenvalue weighted by molar-refractivity contribution is 5.72. The summed E-state index contributed by atoms with van der Waals surface area (Å²) in [6.07, 6.45) is 18.1. The lowest BCUT2D eigenvalue weighted by Gasteiger charge is -2.28. The first-order valence-corrected chi connectivity index (χ1v) is 12.3. The Morgan fingerprint density at radius 1 is 0.903 bits per heavy atom. The monoisotopic (exact) mass is 422 g/mol. The van der Waals surface area contributed by atoms with Crippen molar-refractivity contribution in [1.82, 2.24) is 9.97 Å². The van der Waals surface area contributed by atoms with Gasteiger partial charge in [-0.25, -0.2) is 9.97 Å². The third-order valence-corrected chi connectivity index (χ3v) is 6.55. The van der Waals surface area contributed by atoms with Crippen molar-refractivity contribution in [3.05, 3.63) is 42.2 Å². The van der Waals surface area contributed by atoms with Crippen LogP contribution >= 0.6 is 0 Å². The lowest BCUT2D eigenvalue weighted by atomic mass is 9.78. The maximum absolute atomic E-state index is 11.6. The summed E-state index contributed by atoms with van der Waals surface area (Å²) in [7, 11) is 0. The molecule has 0 aliphatic heterocycles. The van der Waals surface area contributed by atoms with Crippen LogP contribution < -0.4 is 4.74 Å². The molecule has 0 radical (unpaired) electrons. The molecule has 2 aromatic rings. The summed E-state index contributed by atoms with van der Waals surface area (Å²) >= 11 is 0. The molecule has 3 rings (SSSR count). The number of carbonyl (C=O) groups is 1. The van der Waals surface area contributed by atoms with Crippen LogP contribution in [0, 0.1) is 11.8 Å². The first-order valence-electron chi connectivity index (χ1n) is 12.3. The van der Waals surface area contributed by atoms with Gasteiger partial charge in [0.25, 0.3) is 0 Å². The van der Waals surface area contributed by atoms with E-state index in [0.29, 0.717) is 18.0 Å². The Morgan fingerprint density at radius 2 is 1.55 bits per heavy atom. The molecule has 1 heterocycles. The number of rotatable bonds is 11. The van der Waals surface area contributed by atoms with Gasteiger partial charge >= 0.3 is 5.97 Å². The van der Waals surface area contributed by atoms with E-state index in [1.807, 2.05) is 6.92 Å². The minimum atomic E-state index is -0.242. The number of aromatic nitrogens is 2. The van der Waals surface area contributed by atoms with Crippen LogP contribution in [0.4, 0.5) is 0 Å². The fourth-order valence-corrected chi connectivity index (χ4v) is 4.59. The molecule has 4 heteroatoms. The fourth-order valence-electron chi connectivity index (χ4n) is 4.59. The van der Waals surface area contributed by atoms with Gasteiger partial charge in [0.15, 0.2) is 11.6 Å². The molecule has 168 valence electrons. The second kappa shape index (κ2) is 12.6. The molecule has 0 bridgehead atoms. The summed E-state index contributed by atoms with van der Waals surface area (Å²) < 4.78 is 5.22. The Kier molecular flexibility index (Phi) is 9.51. The predicted octanol–water partition coefficient (Wildman–Crippen LogP) is 7.17. The van der Waals surface area contributed by atoms with Crippen molar-refractivity contribution in [2.24, 2.45) is 11.8 Å². The summed E-state index contributed by atoms with van der Waals surface area (Å²) in [5, 5.41) is 0. The summed E-state index contributed by atoms with van der Waals surface area (Å²) in [5.74, 6) is 2.70. The first-order chi connectivity index (χ1) is 15.2. The normalized spacial score (nSPS) is 18.6. The number of hydrogen-bond acceptors (Lipinski definition) is 4. The maximum atomic E-state index is 11.6. The number of unbranched alkanes of at least 4 members (excludes halogenated alkanes) is 2. The van der Waals surface area contributed by atoms with E-state index in [1.54, 1.807) is 12.4 Å². The van der Waals surface area contributed by atoms with E-state index in [0.717, 1.165) is 30.2 Å². The number of ether oxygens (including phenoxy) is 1. The predicted molar refractivity (Wildman–Crippen MR) is 126 cm³/mol. The van der Waals surface area contributed by atoms with Crippen LogP contribution in [0.3, 0.4) is 0 Å². The Labute approximate surface area is 187 Å².